The predicted octanol–water partition coefficient (Wildman–Crippen LogP) is 4.08. The Balaban J connectivity index is 2.67. The van der Waals surface area contributed by atoms with Gasteiger partial charge in [0.1, 0.15) is 0 Å². The molecule has 0 radical (unpaired) electrons. The first-order valence-corrected chi connectivity index (χ1v) is 7.14. The molecule has 0 aliphatic rings. The summed E-state index contributed by atoms with van der Waals surface area (Å²) < 4.78 is 0. The smallest absolute Gasteiger partial charge is 0.0713 e. The van der Waals surface area contributed by atoms with Crippen molar-refractivity contribution in [2.75, 3.05) is 6.54 Å². The van der Waals surface area contributed by atoms with Crippen LogP contribution in [0.5, 0.6) is 0 Å². The highest BCUT2D eigenvalue weighted by Crippen LogP contribution is 2.26. The molecule has 19 heavy (non-hydrogen) atoms. The summed E-state index contributed by atoms with van der Waals surface area (Å²) in [6.45, 7) is 12.8. The molecular formula is C17H24N2. The van der Waals surface area contributed by atoms with Crippen molar-refractivity contribution in [1.29, 1.82) is 0 Å². The van der Waals surface area contributed by atoms with Crippen molar-refractivity contribution >= 4 is 10.9 Å². The second kappa shape index (κ2) is 5.70. The highest BCUT2D eigenvalue weighted by atomic mass is 14.8. The van der Waals surface area contributed by atoms with Crippen LogP contribution in [-0.2, 0) is 6.54 Å². The van der Waals surface area contributed by atoms with Crippen LogP contribution in [0.2, 0.25) is 0 Å². The van der Waals surface area contributed by atoms with E-state index in [9.17, 15) is 0 Å². The van der Waals surface area contributed by atoms with Crippen molar-refractivity contribution in [3.05, 3.63) is 40.6 Å². The molecule has 0 unspecified atom stereocenters. The number of pyridine rings is 1. The Morgan fingerprint density at radius 2 is 1.89 bits per heavy atom. The summed E-state index contributed by atoms with van der Waals surface area (Å²) in [5.74, 6) is 0.464. The number of nitrogens with one attached hydrogen (secondary N) is 1. The molecule has 0 atom stereocenters. The predicted molar refractivity (Wildman–Crippen MR) is 82.7 cm³/mol. The summed E-state index contributed by atoms with van der Waals surface area (Å²) in [4.78, 5) is 4.84. The first-order valence-electron chi connectivity index (χ1n) is 7.14. The standard InChI is InChI=1S/C17H24N2/c1-6-18-10-14-9-15(11(2)3)19-16-8-12(4)7-13(5)17(14)16/h7-9,11,18H,6,10H2,1-5H3. The fourth-order valence-electron chi connectivity index (χ4n) is 2.57. The van der Waals surface area contributed by atoms with Gasteiger partial charge in [-0.15, -0.1) is 0 Å². The Kier molecular flexibility index (Phi) is 4.20. The average molecular weight is 256 g/mol. The van der Waals surface area contributed by atoms with E-state index in [4.69, 9.17) is 4.98 Å². The minimum Gasteiger partial charge on any atom is -0.313 e. The molecule has 0 aliphatic heterocycles. The van der Waals surface area contributed by atoms with Crippen LogP contribution in [0.15, 0.2) is 18.2 Å². The van der Waals surface area contributed by atoms with Gasteiger partial charge in [0.2, 0.25) is 0 Å². The van der Waals surface area contributed by atoms with E-state index in [-0.39, 0.29) is 0 Å². The van der Waals surface area contributed by atoms with Gasteiger partial charge < -0.3 is 5.32 Å². The van der Waals surface area contributed by atoms with Crippen molar-refractivity contribution in [3.8, 4) is 0 Å². The van der Waals surface area contributed by atoms with Gasteiger partial charge in [-0.25, -0.2) is 0 Å². The molecule has 2 heteroatoms. The maximum Gasteiger partial charge on any atom is 0.0713 e. The van der Waals surface area contributed by atoms with E-state index in [2.05, 4.69) is 58.1 Å². The lowest BCUT2D eigenvalue weighted by Gasteiger charge is -2.14. The normalized spacial score (nSPS) is 11.5. The highest BCUT2D eigenvalue weighted by molar-refractivity contribution is 5.86. The van der Waals surface area contributed by atoms with E-state index in [1.54, 1.807) is 0 Å². The molecule has 2 aromatic rings. The van der Waals surface area contributed by atoms with Gasteiger partial charge in [0.05, 0.1) is 5.52 Å². The third-order valence-corrected chi connectivity index (χ3v) is 3.51. The lowest BCUT2D eigenvalue weighted by atomic mass is 9.98. The first-order chi connectivity index (χ1) is 9.02. The molecule has 2 nitrogen and oxygen atoms in total. The van der Waals surface area contributed by atoms with Crippen LogP contribution in [-0.4, -0.2) is 11.5 Å². The molecule has 1 aromatic carbocycles. The number of benzene rings is 1. The van der Waals surface area contributed by atoms with E-state index in [1.165, 1.54) is 27.8 Å². The van der Waals surface area contributed by atoms with Crippen molar-refractivity contribution in [2.24, 2.45) is 0 Å². The van der Waals surface area contributed by atoms with Crippen molar-refractivity contribution in [2.45, 2.75) is 47.1 Å². The van der Waals surface area contributed by atoms with Gasteiger partial charge in [-0.3, -0.25) is 4.98 Å². The number of hydrogen-bond acceptors (Lipinski definition) is 2. The number of hydrogen-bond donors (Lipinski definition) is 1. The summed E-state index contributed by atoms with van der Waals surface area (Å²) in [5.41, 5.74) is 6.30. The number of aryl methyl sites for hydroxylation is 2. The van der Waals surface area contributed by atoms with Gasteiger partial charge in [0.15, 0.2) is 0 Å². The summed E-state index contributed by atoms with van der Waals surface area (Å²) in [7, 11) is 0. The van der Waals surface area contributed by atoms with Crippen LogP contribution >= 0.6 is 0 Å². The summed E-state index contributed by atoms with van der Waals surface area (Å²) in [5, 5.41) is 4.75. The summed E-state index contributed by atoms with van der Waals surface area (Å²) in [6, 6.07) is 6.70. The Bertz CT molecular complexity index is 585. The highest BCUT2D eigenvalue weighted by Gasteiger charge is 2.10. The molecule has 0 amide bonds. The largest absolute Gasteiger partial charge is 0.313 e. The third kappa shape index (κ3) is 2.95. The van der Waals surface area contributed by atoms with Crippen LogP contribution in [0.1, 0.15) is 49.1 Å². The number of rotatable bonds is 4. The number of aromatic nitrogens is 1. The fraction of sp³-hybridized carbons (Fsp3) is 0.471. The van der Waals surface area contributed by atoms with E-state index in [0.29, 0.717) is 5.92 Å². The molecule has 0 saturated heterocycles. The van der Waals surface area contributed by atoms with E-state index >= 15 is 0 Å². The van der Waals surface area contributed by atoms with Gasteiger partial charge >= 0.3 is 0 Å². The molecular weight excluding hydrogens is 232 g/mol. The number of nitrogens with zero attached hydrogens (tertiary/aromatic N) is 1. The first kappa shape index (κ1) is 14.0. The quantitative estimate of drug-likeness (QED) is 0.891. The third-order valence-electron chi connectivity index (χ3n) is 3.51. The summed E-state index contributed by atoms with van der Waals surface area (Å²) >= 11 is 0. The van der Waals surface area contributed by atoms with Crippen LogP contribution in [0, 0.1) is 13.8 Å². The van der Waals surface area contributed by atoms with Crippen LogP contribution in [0.4, 0.5) is 0 Å². The lowest BCUT2D eigenvalue weighted by molar-refractivity contribution is 0.725. The zero-order chi connectivity index (χ0) is 14.0. The zero-order valence-corrected chi connectivity index (χ0v) is 12.7. The monoisotopic (exact) mass is 256 g/mol. The van der Waals surface area contributed by atoms with Crippen molar-refractivity contribution in [1.82, 2.24) is 10.3 Å². The van der Waals surface area contributed by atoms with Crippen molar-refractivity contribution in [3.63, 3.8) is 0 Å². The van der Waals surface area contributed by atoms with Crippen LogP contribution in [0.25, 0.3) is 10.9 Å². The zero-order valence-electron chi connectivity index (χ0n) is 12.7. The van der Waals surface area contributed by atoms with Gasteiger partial charge in [-0.2, -0.15) is 0 Å². The molecule has 0 fully saturated rings. The summed E-state index contributed by atoms with van der Waals surface area (Å²) in [6.07, 6.45) is 0. The van der Waals surface area contributed by atoms with Gasteiger partial charge in [-0.1, -0.05) is 26.8 Å². The van der Waals surface area contributed by atoms with Gasteiger partial charge in [-0.05, 0) is 55.1 Å². The Labute approximate surface area is 116 Å². The molecule has 0 bridgehead atoms. The molecule has 0 saturated carbocycles. The molecule has 0 spiro atoms. The molecule has 102 valence electrons. The van der Waals surface area contributed by atoms with E-state index < -0.39 is 0 Å². The van der Waals surface area contributed by atoms with Gasteiger partial charge in [0.25, 0.3) is 0 Å². The Hall–Kier alpha value is -1.41. The van der Waals surface area contributed by atoms with Crippen LogP contribution in [0.3, 0.4) is 0 Å². The average Bonchev–Trinajstić information content (AvgIpc) is 2.34. The van der Waals surface area contributed by atoms with E-state index in [1.807, 2.05) is 0 Å². The molecule has 1 N–H and O–H groups in total. The SMILES string of the molecule is CCNCc1cc(C(C)C)nc2cc(C)cc(C)c12. The molecule has 0 aliphatic carbocycles. The minimum absolute atomic E-state index is 0.464. The molecule has 2 rings (SSSR count). The molecule has 1 heterocycles. The van der Waals surface area contributed by atoms with E-state index in [0.717, 1.165) is 18.6 Å². The maximum absolute atomic E-state index is 4.84. The number of fused-ring (bicyclic) bond motifs is 1. The van der Waals surface area contributed by atoms with Crippen molar-refractivity contribution < 1.29 is 0 Å². The lowest BCUT2D eigenvalue weighted by Crippen LogP contribution is -2.13. The molecule has 1 aromatic heterocycles. The fourth-order valence-corrected chi connectivity index (χ4v) is 2.57. The Morgan fingerprint density at radius 3 is 2.53 bits per heavy atom. The topological polar surface area (TPSA) is 24.9 Å². The Morgan fingerprint density at radius 1 is 1.16 bits per heavy atom. The minimum atomic E-state index is 0.464. The van der Waals surface area contributed by atoms with Gasteiger partial charge in [0, 0.05) is 17.6 Å². The maximum atomic E-state index is 4.84. The van der Waals surface area contributed by atoms with Crippen LogP contribution < -0.4 is 5.32 Å². The second-order valence-electron chi connectivity index (χ2n) is 5.62. The second-order valence-corrected chi connectivity index (χ2v) is 5.62.